The van der Waals surface area contributed by atoms with Crippen LogP contribution in [0.25, 0.3) is 16.8 Å². The summed E-state index contributed by atoms with van der Waals surface area (Å²) >= 11 is 0. The Morgan fingerprint density at radius 3 is 2.72 bits per heavy atom. The predicted octanol–water partition coefficient (Wildman–Crippen LogP) is 1.90. The van der Waals surface area contributed by atoms with Gasteiger partial charge in [-0.1, -0.05) is 0 Å². The molecule has 6 rings (SSSR count). The molecule has 2 fully saturated rings. The first-order chi connectivity index (χ1) is 17.6. The molecule has 1 N–H and O–H groups in total. The maximum absolute atomic E-state index is 12.5. The van der Waals surface area contributed by atoms with Crippen molar-refractivity contribution >= 4 is 23.1 Å². The van der Waals surface area contributed by atoms with Crippen molar-refractivity contribution < 1.29 is 28.9 Å². The Labute approximate surface area is 208 Å². The predicted molar refractivity (Wildman–Crippen MR) is 130 cm³/mol. The lowest BCUT2D eigenvalue weighted by molar-refractivity contribution is -0.129. The van der Waals surface area contributed by atoms with Crippen molar-refractivity contribution in [3.63, 3.8) is 0 Å². The second kappa shape index (κ2) is 10.0. The molecule has 3 aliphatic rings. The highest BCUT2D eigenvalue weighted by Crippen LogP contribution is 2.36. The average molecular weight is 496 g/mol. The van der Waals surface area contributed by atoms with E-state index in [1.54, 1.807) is 28.9 Å². The van der Waals surface area contributed by atoms with Crippen LogP contribution in [0, 0.1) is 0 Å². The van der Waals surface area contributed by atoms with Crippen molar-refractivity contribution in [3.05, 3.63) is 30.6 Å². The Bertz CT molecular complexity index is 1290. The number of benzene rings is 1. The Hall–Kier alpha value is -3.86. The number of nitrogens with zero attached hydrogens (tertiary/aromatic N) is 5. The van der Waals surface area contributed by atoms with Crippen molar-refractivity contribution in [2.24, 2.45) is 0 Å². The summed E-state index contributed by atoms with van der Waals surface area (Å²) in [4.78, 5) is 33.3. The van der Waals surface area contributed by atoms with Crippen LogP contribution in [-0.4, -0.2) is 83.0 Å². The second-order valence-electron chi connectivity index (χ2n) is 8.74. The van der Waals surface area contributed by atoms with Gasteiger partial charge in [0.2, 0.25) is 11.8 Å². The molecule has 2 aromatic heterocycles. The lowest BCUT2D eigenvalue weighted by Gasteiger charge is -2.25. The molecular weight excluding hydrogens is 466 g/mol. The van der Waals surface area contributed by atoms with Crippen molar-refractivity contribution in [2.45, 2.75) is 31.7 Å². The Balaban J connectivity index is 0.00000130. The highest BCUT2D eigenvalue weighted by molar-refractivity contribution is 5.96. The first-order valence-electron chi connectivity index (χ1n) is 12.0. The van der Waals surface area contributed by atoms with Gasteiger partial charge in [-0.05, 0) is 30.5 Å². The monoisotopic (exact) mass is 495 g/mol. The van der Waals surface area contributed by atoms with Crippen LogP contribution in [0.4, 0.5) is 5.69 Å². The van der Waals surface area contributed by atoms with Gasteiger partial charge in [-0.2, -0.15) is 10.1 Å². The van der Waals surface area contributed by atoms with E-state index in [9.17, 15) is 9.59 Å². The molecule has 3 aromatic rings. The molecule has 0 unspecified atom stereocenters. The molecule has 3 aliphatic heterocycles. The van der Waals surface area contributed by atoms with Gasteiger partial charge in [0.05, 0.1) is 32.1 Å². The van der Waals surface area contributed by atoms with E-state index in [1.807, 2.05) is 23.1 Å². The minimum atomic E-state index is -0.0599. The van der Waals surface area contributed by atoms with E-state index in [2.05, 4.69) is 5.10 Å². The molecule has 0 radical (unpaired) electrons. The van der Waals surface area contributed by atoms with E-state index in [1.165, 1.54) is 0 Å². The van der Waals surface area contributed by atoms with E-state index in [4.69, 9.17) is 24.3 Å². The van der Waals surface area contributed by atoms with Crippen molar-refractivity contribution in [2.75, 3.05) is 45.4 Å². The van der Waals surface area contributed by atoms with Gasteiger partial charge in [0.1, 0.15) is 19.0 Å². The minimum absolute atomic E-state index is 0.0599. The molecule has 0 saturated carbocycles. The summed E-state index contributed by atoms with van der Waals surface area (Å²) in [6.07, 6.45) is 6.05. The van der Waals surface area contributed by atoms with E-state index in [0.717, 1.165) is 36.8 Å². The molecule has 1 aromatic carbocycles. The van der Waals surface area contributed by atoms with Gasteiger partial charge in [-0.15, -0.1) is 0 Å². The molecule has 190 valence electrons. The van der Waals surface area contributed by atoms with Crippen LogP contribution in [0.5, 0.6) is 17.4 Å². The number of aromatic nitrogens is 3. The molecule has 5 heterocycles. The number of hydrogen-bond acceptors (Lipinski definition) is 8. The third-order valence-electron chi connectivity index (χ3n) is 6.70. The van der Waals surface area contributed by atoms with Gasteiger partial charge >= 0.3 is 0 Å². The lowest BCUT2D eigenvalue weighted by atomic mass is 10.1. The van der Waals surface area contributed by atoms with Crippen molar-refractivity contribution in [1.29, 1.82) is 0 Å². The summed E-state index contributed by atoms with van der Waals surface area (Å²) in [6, 6.07) is 5.71. The molecule has 4 bridgehead atoms. The van der Waals surface area contributed by atoms with Crippen LogP contribution in [0.3, 0.4) is 0 Å². The summed E-state index contributed by atoms with van der Waals surface area (Å²) in [6.45, 7) is 1.79. The first kappa shape index (κ1) is 23.9. The van der Waals surface area contributed by atoms with Crippen LogP contribution in [0.15, 0.2) is 30.6 Å². The Morgan fingerprint density at radius 1 is 1.08 bits per heavy atom. The van der Waals surface area contributed by atoms with Crippen LogP contribution in [0.2, 0.25) is 0 Å². The summed E-state index contributed by atoms with van der Waals surface area (Å²) in [5.74, 6) is 1.65. The van der Waals surface area contributed by atoms with Crippen LogP contribution in [0.1, 0.15) is 25.7 Å². The second-order valence-corrected chi connectivity index (χ2v) is 8.74. The van der Waals surface area contributed by atoms with Gasteiger partial charge < -0.3 is 29.1 Å². The fourth-order valence-corrected chi connectivity index (χ4v) is 4.94. The van der Waals surface area contributed by atoms with Gasteiger partial charge in [-0.25, -0.2) is 4.52 Å². The van der Waals surface area contributed by atoms with Gasteiger partial charge in [0, 0.05) is 43.8 Å². The zero-order valence-corrected chi connectivity index (χ0v) is 20.3. The fraction of sp³-hybridized carbons (Fsp3) is 0.440. The number of carbonyl (C=O) groups excluding carboxylic acids is 2. The number of fused-ring (bicyclic) bond motifs is 5. The van der Waals surface area contributed by atoms with Crippen LogP contribution < -0.4 is 19.1 Å². The highest BCUT2D eigenvalue weighted by atomic mass is 16.5. The average Bonchev–Trinajstić information content (AvgIpc) is 3.61. The number of methoxy groups -OCH3 is 1. The maximum Gasteiger partial charge on any atom is 0.260 e. The number of rotatable bonds is 2. The molecule has 0 spiro atoms. The molecule has 2 saturated heterocycles. The minimum Gasteiger partial charge on any atom is -0.492 e. The summed E-state index contributed by atoms with van der Waals surface area (Å²) in [7, 11) is 2.56. The molecule has 36 heavy (non-hydrogen) atoms. The highest BCUT2D eigenvalue weighted by Gasteiger charge is 2.32. The summed E-state index contributed by atoms with van der Waals surface area (Å²) in [5.41, 5.74) is 3.00. The first-order valence-corrected chi connectivity index (χ1v) is 12.0. The van der Waals surface area contributed by atoms with Crippen LogP contribution in [-0.2, 0) is 9.59 Å². The summed E-state index contributed by atoms with van der Waals surface area (Å²) < 4.78 is 19.3. The Morgan fingerprint density at radius 2 is 1.94 bits per heavy atom. The molecule has 11 nitrogen and oxygen atoms in total. The van der Waals surface area contributed by atoms with E-state index >= 15 is 0 Å². The standard InChI is InChI=1S/C24H25N5O5.CH4O/c1-32-20-13-29-23-19(12-25-29)15-9-17(27-6-2-3-21(27)30)11-18(10-15)33-8-7-28-16(4-5-22(28)31)14-34-24(20)26-23;1-2/h9-13,16H,2-8,14H2,1H3;2H,1H3/t16-;/m0./s1. The SMILES string of the molecule is CO.COc1cn2ncc3c2nc1OC[C@@H]1CCC(=O)N1CCOc1cc-3cc(N2CCCC2=O)c1. The molecule has 2 amide bonds. The van der Waals surface area contributed by atoms with E-state index in [-0.39, 0.29) is 17.9 Å². The molecule has 11 heteroatoms. The maximum atomic E-state index is 12.5. The third-order valence-corrected chi connectivity index (χ3v) is 6.70. The van der Waals surface area contributed by atoms with Gasteiger partial charge in [0.25, 0.3) is 5.88 Å². The number of anilines is 1. The van der Waals surface area contributed by atoms with E-state index < -0.39 is 0 Å². The zero-order valence-electron chi connectivity index (χ0n) is 20.3. The smallest absolute Gasteiger partial charge is 0.260 e. The Kier molecular flexibility index (Phi) is 6.64. The van der Waals surface area contributed by atoms with Gasteiger partial charge in [-0.3, -0.25) is 9.59 Å². The third kappa shape index (κ3) is 4.30. The number of hydrogen-bond donors (Lipinski definition) is 1. The quantitative estimate of drug-likeness (QED) is 0.573. The number of carbonyl (C=O) groups is 2. The number of aliphatic hydroxyl groups excluding tert-OH is 1. The van der Waals surface area contributed by atoms with Gasteiger partial charge in [0.15, 0.2) is 11.4 Å². The zero-order chi connectivity index (χ0) is 25.2. The topological polar surface area (TPSA) is 119 Å². The number of amides is 2. The van der Waals surface area contributed by atoms with E-state index in [0.29, 0.717) is 62.2 Å². The molecule has 0 aliphatic carbocycles. The van der Waals surface area contributed by atoms with Crippen molar-refractivity contribution in [1.82, 2.24) is 19.5 Å². The summed E-state index contributed by atoms with van der Waals surface area (Å²) in [5, 5.41) is 11.5. The normalized spacial score (nSPS) is 19.4. The van der Waals surface area contributed by atoms with Crippen LogP contribution >= 0.6 is 0 Å². The molecule has 1 atom stereocenters. The molecular formula is C25H29N5O6. The lowest BCUT2D eigenvalue weighted by Crippen LogP contribution is -2.39. The van der Waals surface area contributed by atoms with Crippen molar-refractivity contribution in [3.8, 4) is 28.5 Å². The largest absolute Gasteiger partial charge is 0.492 e. The number of aliphatic hydroxyl groups is 1. The number of ether oxygens (including phenoxy) is 3. The fourth-order valence-electron chi connectivity index (χ4n) is 4.94.